The molecular weight excluding hydrogens is 448 g/mol. The van der Waals surface area contributed by atoms with Crippen LogP contribution in [0.2, 0.25) is 0 Å². The maximum absolute atomic E-state index is 12.9. The molecule has 6 nitrogen and oxygen atoms in total. The standard InChI is InChI=1S/C24H30O6S2/c1-17-7-11-19(12-8-17)31(25,26)29-23-15-16-24(22-6-4-3-5-21(22)23)30-32(27,28)20-13-9-18(2)10-14-20/h7-14,21-24H,3-6,15-16H2,1-2H3/t21-,22-,23-,24-/m0/s1. The van der Waals surface area contributed by atoms with Crippen LogP contribution in [0, 0.1) is 25.7 Å². The Morgan fingerprint density at radius 3 is 1.28 bits per heavy atom. The number of benzene rings is 2. The molecule has 2 saturated carbocycles. The number of hydrogen-bond donors (Lipinski definition) is 0. The van der Waals surface area contributed by atoms with Gasteiger partial charge in [-0.25, -0.2) is 0 Å². The van der Waals surface area contributed by atoms with E-state index in [1.165, 1.54) is 0 Å². The normalized spacial score (nSPS) is 26.4. The largest absolute Gasteiger partial charge is 0.297 e. The van der Waals surface area contributed by atoms with Crippen LogP contribution >= 0.6 is 0 Å². The van der Waals surface area contributed by atoms with Crippen molar-refractivity contribution in [2.45, 2.75) is 74.4 Å². The maximum Gasteiger partial charge on any atom is 0.297 e. The van der Waals surface area contributed by atoms with E-state index in [-0.39, 0.29) is 21.6 Å². The van der Waals surface area contributed by atoms with E-state index in [1.54, 1.807) is 48.5 Å². The van der Waals surface area contributed by atoms with Crippen molar-refractivity contribution in [1.82, 2.24) is 0 Å². The van der Waals surface area contributed by atoms with Crippen molar-refractivity contribution in [2.24, 2.45) is 11.8 Å². The summed E-state index contributed by atoms with van der Waals surface area (Å²) in [4.78, 5) is 0.298. The molecule has 0 spiro atoms. The lowest BCUT2D eigenvalue weighted by Gasteiger charge is -2.44. The minimum Gasteiger partial charge on any atom is -0.263 e. The Labute approximate surface area is 191 Å². The molecule has 0 heterocycles. The van der Waals surface area contributed by atoms with Crippen molar-refractivity contribution in [3.05, 3.63) is 59.7 Å². The SMILES string of the molecule is Cc1ccc(S(=O)(=O)O[C@H]2CC[C@H](OS(=O)(=O)c3ccc(C)cc3)[C@H]3CCCC[C@@H]32)cc1. The summed E-state index contributed by atoms with van der Waals surface area (Å²) in [5, 5.41) is 0. The van der Waals surface area contributed by atoms with E-state index in [4.69, 9.17) is 8.37 Å². The van der Waals surface area contributed by atoms with Gasteiger partial charge in [0, 0.05) is 0 Å². The first-order valence-corrected chi connectivity index (χ1v) is 14.0. The van der Waals surface area contributed by atoms with E-state index < -0.39 is 32.4 Å². The van der Waals surface area contributed by atoms with Crippen LogP contribution in [0.15, 0.2) is 58.3 Å². The fraction of sp³-hybridized carbons (Fsp3) is 0.500. The van der Waals surface area contributed by atoms with Crippen molar-refractivity contribution < 1.29 is 25.2 Å². The lowest BCUT2D eigenvalue weighted by molar-refractivity contribution is -0.0356. The molecule has 2 aliphatic rings. The minimum atomic E-state index is -3.89. The van der Waals surface area contributed by atoms with E-state index in [9.17, 15) is 16.8 Å². The zero-order valence-electron chi connectivity index (χ0n) is 18.4. The second-order valence-corrected chi connectivity index (χ2v) is 12.1. The van der Waals surface area contributed by atoms with Gasteiger partial charge >= 0.3 is 0 Å². The number of hydrogen-bond acceptors (Lipinski definition) is 6. The lowest BCUT2D eigenvalue weighted by atomic mass is 9.68. The van der Waals surface area contributed by atoms with Crippen molar-refractivity contribution in [3.63, 3.8) is 0 Å². The van der Waals surface area contributed by atoms with E-state index in [0.29, 0.717) is 12.8 Å². The molecule has 8 heteroatoms. The molecule has 0 radical (unpaired) electrons. The molecule has 0 saturated heterocycles. The quantitative estimate of drug-likeness (QED) is 0.557. The summed E-state index contributed by atoms with van der Waals surface area (Å²) in [5.41, 5.74) is 1.95. The highest BCUT2D eigenvalue weighted by Crippen LogP contribution is 2.44. The molecule has 2 aliphatic carbocycles. The van der Waals surface area contributed by atoms with Gasteiger partial charge in [-0.3, -0.25) is 8.37 Å². The van der Waals surface area contributed by atoms with Crippen molar-refractivity contribution in [3.8, 4) is 0 Å². The van der Waals surface area contributed by atoms with E-state index >= 15 is 0 Å². The summed E-state index contributed by atoms with van der Waals surface area (Å²) in [7, 11) is -7.77. The summed E-state index contributed by atoms with van der Waals surface area (Å²) >= 11 is 0. The smallest absolute Gasteiger partial charge is 0.263 e. The Kier molecular flexibility index (Phi) is 6.77. The van der Waals surface area contributed by atoms with Crippen LogP contribution in [0.1, 0.15) is 49.7 Å². The molecule has 2 aromatic rings. The van der Waals surface area contributed by atoms with Crippen LogP contribution in [0.3, 0.4) is 0 Å². The van der Waals surface area contributed by atoms with Crippen LogP contribution in [0.25, 0.3) is 0 Å². The number of fused-ring (bicyclic) bond motifs is 1. The van der Waals surface area contributed by atoms with E-state index in [0.717, 1.165) is 36.8 Å². The van der Waals surface area contributed by atoms with Gasteiger partial charge in [0.25, 0.3) is 20.2 Å². The predicted molar refractivity (Wildman–Crippen MR) is 121 cm³/mol. The third kappa shape index (κ3) is 5.09. The van der Waals surface area contributed by atoms with Gasteiger partial charge < -0.3 is 0 Å². The monoisotopic (exact) mass is 478 g/mol. The minimum absolute atomic E-state index is 0.0454. The molecule has 0 bridgehead atoms. The van der Waals surface area contributed by atoms with Gasteiger partial charge in [0.15, 0.2) is 0 Å². The molecule has 32 heavy (non-hydrogen) atoms. The summed E-state index contributed by atoms with van der Waals surface area (Å²) in [6.45, 7) is 3.80. The zero-order chi connectivity index (χ0) is 22.9. The van der Waals surface area contributed by atoms with Crippen molar-refractivity contribution >= 4 is 20.2 Å². The van der Waals surface area contributed by atoms with E-state index in [2.05, 4.69) is 0 Å². The van der Waals surface area contributed by atoms with E-state index in [1.807, 2.05) is 13.8 Å². The maximum atomic E-state index is 12.9. The van der Waals surface area contributed by atoms with Gasteiger partial charge in [-0.2, -0.15) is 16.8 Å². The molecule has 4 atom stereocenters. The highest BCUT2D eigenvalue weighted by molar-refractivity contribution is 7.87. The fourth-order valence-electron chi connectivity index (χ4n) is 4.95. The molecule has 174 valence electrons. The van der Waals surface area contributed by atoms with Gasteiger partial charge in [0.05, 0.1) is 22.0 Å². The summed E-state index contributed by atoms with van der Waals surface area (Å²) < 4.78 is 62.9. The molecule has 0 aromatic heterocycles. The average molecular weight is 479 g/mol. The molecule has 0 amide bonds. The van der Waals surface area contributed by atoms with Crippen LogP contribution < -0.4 is 0 Å². The molecule has 0 aliphatic heterocycles. The van der Waals surface area contributed by atoms with Gasteiger partial charge in [0.1, 0.15) is 0 Å². The van der Waals surface area contributed by atoms with Crippen molar-refractivity contribution in [1.29, 1.82) is 0 Å². The topological polar surface area (TPSA) is 86.7 Å². The zero-order valence-corrected chi connectivity index (χ0v) is 20.1. The van der Waals surface area contributed by atoms with Crippen LogP contribution in [0.5, 0.6) is 0 Å². The first kappa shape index (κ1) is 23.4. The van der Waals surface area contributed by atoms with Gasteiger partial charge in [-0.1, -0.05) is 48.2 Å². The molecule has 0 unspecified atom stereocenters. The Balaban J connectivity index is 1.51. The molecule has 2 aromatic carbocycles. The molecule has 0 N–H and O–H groups in total. The lowest BCUT2D eigenvalue weighted by Crippen LogP contribution is -2.46. The Bertz CT molecular complexity index is 1040. The molecule has 4 rings (SSSR count). The Morgan fingerprint density at radius 2 is 0.938 bits per heavy atom. The highest BCUT2D eigenvalue weighted by Gasteiger charge is 2.45. The van der Waals surface area contributed by atoms with Gasteiger partial charge in [0.2, 0.25) is 0 Å². The second-order valence-electron chi connectivity index (χ2n) is 8.99. The third-order valence-electron chi connectivity index (χ3n) is 6.69. The van der Waals surface area contributed by atoms with Crippen molar-refractivity contribution in [2.75, 3.05) is 0 Å². The molecular formula is C24H30O6S2. The summed E-state index contributed by atoms with van der Waals surface area (Å²) in [6, 6.07) is 13.2. The first-order chi connectivity index (χ1) is 15.2. The Hall–Kier alpha value is -1.74. The first-order valence-electron chi connectivity index (χ1n) is 11.2. The number of aryl methyl sites for hydroxylation is 2. The fourth-order valence-corrected chi connectivity index (χ4v) is 7.24. The second kappa shape index (κ2) is 9.25. The van der Waals surface area contributed by atoms with Gasteiger partial charge in [-0.15, -0.1) is 0 Å². The number of rotatable bonds is 6. The third-order valence-corrected chi connectivity index (χ3v) is 9.39. The summed E-state index contributed by atoms with van der Waals surface area (Å²) in [5.74, 6) is -0.0908. The predicted octanol–water partition coefficient (Wildman–Crippen LogP) is 4.75. The summed E-state index contributed by atoms with van der Waals surface area (Å²) in [6.07, 6.45) is 3.53. The average Bonchev–Trinajstić information content (AvgIpc) is 2.76. The van der Waals surface area contributed by atoms with Crippen LogP contribution in [-0.4, -0.2) is 29.0 Å². The highest BCUT2D eigenvalue weighted by atomic mass is 32.2. The van der Waals surface area contributed by atoms with Gasteiger partial charge in [-0.05, 0) is 75.6 Å². The van der Waals surface area contributed by atoms with Crippen LogP contribution in [0.4, 0.5) is 0 Å². The molecule has 2 fully saturated rings. The Morgan fingerprint density at radius 1 is 0.594 bits per heavy atom. The van der Waals surface area contributed by atoms with Crippen LogP contribution in [-0.2, 0) is 28.6 Å².